The number of rotatable bonds is 1. The molecule has 0 aliphatic carbocycles. The minimum absolute atomic E-state index is 0.127. The van der Waals surface area contributed by atoms with Crippen LogP contribution < -0.4 is 0 Å². The molecular formula is C7H15F2N. The molecule has 0 aliphatic rings. The lowest BCUT2D eigenvalue weighted by Crippen LogP contribution is -2.20. The van der Waals surface area contributed by atoms with E-state index in [4.69, 9.17) is 0 Å². The number of alkyl halides is 2. The Kier molecular flexibility index (Phi) is 6.51. The van der Waals surface area contributed by atoms with Crippen molar-refractivity contribution >= 4 is 5.71 Å². The maximum atomic E-state index is 12.0. The van der Waals surface area contributed by atoms with Crippen molar-refractivity contribution in [1.82, 2.24) is 0 Å². The minimum atomic E-state index is -2.74. The summed E-state index contributed by atoms with van der Waals surface area (Å²) in [7, 11) is 1.35. The van der Waals surface area contributed by atoms with Gasteiger partial charge in [-0.15, -0.1) is 0 Å². The molecule has 0 saturated carbocycles. The monoisotopic (exact) mass is 151 g/mol. The fourth-order valence-corrected chi connectivity index (χ4v) is 0.196. The number of halogens is 2. The Bertz CT molecular complexity index is 103. The van der Waals surface area contributed by atoms with E-state index in [1.807, 2.05) is 13.8 Å². The number of aliphatic imine (C=N–C) groups is 1. The van der Waals surface area contributed by atoms with E-state index in [2.05, 4.69) is 4.99 Å². The highest BCUT2D eigenvalue weighted by Crippen LogP contribution is 2.12. The molecule has 3 heteroatoms. The molecule has 0 aliphatic heterocycles. The summed E-state index contributed by atoms with van der Waals surface area (Å²) in [6.07, 6.45) is 0. The first-order valence-corrected chi connectivity index (χ1v) is 3.30. The van der Waals surface area contributed by atoms with E-state index in [9.17, 15) is 8.78 Å². The van der Waals surface area contributed by atoms with Crippen molar-refractivity contribution in [2.75, 3.05) is 7.05 Å². The first kappa shape index (κ1) is 12.2. The summed E-state index contributed by atoms with van der Waals surface area (Å²) in [6, 6.07) is 0. The van der Waals surface area contributed by atoms with Gasteiger partial charge in [-0.05, 0) is 6.92 Å². The molecule has 0 heterocycles. The van der Waals surface area contributed by atoms with Gasteiger partial charge in [0.15, 0.2) is 0 Å². The van der Waals surface area contributed by atoms with Crippen molar-refractivity contribution in [2.24, 2.45) is 4.99 Å². The van der Waals surface area contributed by atoms with E-state index >= 15 is 0 Å². The van der Waals surface area contributed by atoms with E-state index in [1.54, 1.807) is 0 Å². The van der Waals surface area contributed by atoms with Crippen LogP contribution in [0.1, 0.15) is 27.7 Å². The molecule has 0 aromatic heterocycles. The third kappa shape index (κ3) is 5.66. The van der Waals surface area contributed by atoms with Gasteiger partial charge in [0.25, 0.3) is 5.92 Å². The zero-order valence-electron chi connectivity index (χ0n) is 7.20. The maximum Gasteiger partial charge on any atom is 0.282 e. The molecule has 0 saturated heterocycles. The molecule has 0 bridgehead atoms. The van der Waals surface area contributed by atoms with E-state index < -0.39 is 5.92 Å². The van der Waals surface area contributed by atoms with Crippen LogP contribution in [0.3, 0.4) is 0 Å². The topological polar surface area (TPSA) is 12.4 Å². The van der Waals surface area contributed by atoms with Crippen molar-refractivity contribution in [2.45, 2.75) is 33.6 Å². The summed E-state index contributed by atoms with van der Waals surface area (Å²) in [5.41, 5.74) is -0.127. The summed E-state index contributed by atoms with van der Waals surface area (Å²) in [4.78, 5) is 3.33. The van der Waals surface area contributed by atoms with Crippen LogP contribution in [0.4, 0.5) is 8.78 Å². The number of hydrogen-bond donors (Lipinski definition) is 0. The quantitative estimate of drug-likeness (QED) is 0.511. The average molecular weight is 151 g/mol. The molecule has 10 heavy (non-hydrogen) atoms. The maximum absolute atomic E-state index is 12.0. The normalized spacial score (nSPS) is 12.1. The standard InChI is InChI=1S/C5H9F2N.C2H6/c1-4(8-3)5(2,6)7;1-2/h1-3H3;1-2H3. The first-order valence-electron chi connectivity index (χ1n) is 3.30. The lowest BCUT2D eigenvalue weighted by Gasteiger charge is -2.06. The van der Waals surface area contributed by atoms with Crippen LogP contribution in [0, 0.1) is 0 Å². The number of nitrogens with zero attached hydrogens (tertiary/aromatic N) is 1. The Morgan fingerprint density at radius 3 is 1.60 bits per heavy atom. The Balaban J connectivity index is 0. The predicted molar refractivity (Wildman–Crippen MR) is 41.0 cm³/mol. The van der Waals surface area contributed by atoms with Gasteiger partial charge >= 0.3 is 0 Å². The van der Waals surface area contributed by atoms with Crippen molar-refractivity contribution < 1.29 is 8.78 Å². The lowest BCUT2D eigenvalue weighted by molar-refractivity contribution is 0.0997. The van der Waals surface area contributed by atoms with Crippen LogP contribution in [0.25, 0.3) is 0 Å². The lowest BCUT2D eigenvalue weighted by atomic mass is 10.3. The average Bonchev–Trinajstić information content (AvgIpc) is 1.89. The molecule has 0 fully saturated rings. The van der Waals surface area contributed by atoms with Gasteiger partial charge < -0.3 is 0 Å². The SMILES string of the molecule is CC.CN=C(C)C(C)(F)F. The van der Waals surface area contributed by atoms with Crippen molar-refractivity contribution in [3.8, 4) is 0 Å². The zero-order chi connectivity index (χ0) is 8.78. The van der Waals surface area contributed by atoms with Crippen LogP contribution in [-0.4, -0.2) is 18.7 Å². The third-order valence-electron chi connectivity index (χ3n) is 0.971. The number of hydrogen-bond acceptors (Lipinski definition) is 1. The summed E-state index contributed by atoms with van der Waals surface area (Å²) in [5.74, 6) is -2.74. The molecule has 0 spiro atoms. The van der Waals surface area contributed by atoms with Crippen molar-refractivity contribution in [1.29, 1.82) is 0 Å². The van der Waals surface area contributed by atoms with Gasteiger partial charge in [-0.2, -0.15) is 0 Å². The summed E-state index contributed by atoms with van der Waals surface area (Å²) < 4.78 is 24.0. The molecular weight excluding hydrogens is 136 g/mol. The van der Waals surface area contributed by atoms with Gasteiger partial charge in [0.2, 0.25) is 0 Å². The second-order valence-corrected chi connectivity index (χ2v) is 1.70. The molecule has 0 aromatic carbocycles. The summed E-state index contributed by atoms with van der Waals surface area (Å²) >= 11 is 0. The highest BCUT2D eigenvalue weighted by molar-refractivity contribution is 5.88. The van der Waals surface area contributed by atoms with E-state index in [1.165, 1.54) is 14.0 Å². The molecule has 0 amide bonds. The van der Waals surface area contributed by atoms with Crippen LogP contribution >= 0.6 is 0 Å². The van der Waals surface area contributed by atoms with Gasteiger partial charge in [0.1, 0.15) is 0 Å². The Hall–Kier alpha value is -0.470. The Morgan fingerprint density at radius 1 is 1.30 bits per heavy atom. The highest BCUT2D eigenvalue weighted by atomic mass is 19.3. The van der Waals surface area contributed by atoms with Gasteiger partial charge in [0, 0.05) is 14.0 Å². The molecule has 0 aromatic rings. The van der Waals surface area contributed by atoms with E-state index in [0.29, 0.717) is 0 Å². The first-order chi connectivity index (χ1) is 4.48. The Labute approximate surface area is 61.2 Å². The van der Waals surface area contributed by atoms with Crippen LogP contribution in [0.2, 0.25) is 0 Å². The fourth-order valence-electron chi connectivity index (χ4n) is 0.196. The third-order valence-corrected chi connectivity index (χ3v) is 0.971. The smallest absolute Gasteiger partial charge is 0.282 e. The zero-order valence-corrected chi connectivity index (χ0v) is 7.20. The van der Waals surface area contributed by atoms with Crippen LogP contribution in [0.15, 0.2) is 4.99 Å². The molecule has 0 radical (unpaired) electrons. The highest BCUT2D eigenvalue weighted by Gasteiger charge is 2.24. The minimum Gasteiger partial charge on any atom is -0.292 e. The van der Waals surface area contributed by atoms with Gasteiger partial charge in [0.05, 0.1) is 5.71 Å². The second kappa shape index (κ2) is 5.33. The second-order valence-electron chi connectivity index (χ2n) is 1.70. The largest absolute Gasteiger partial charge is 0.292 e. The predicted octanol–water partition coefficient (Wildman–Crippen LogP) is 2.76. The van der Waals surface area contributed by atoms with Crippen molar-refractivity contribution in [3.63, 3.8) is 0 Å². The summed E-state index contributed by atoms with van der Waals surface area (Å²) in [5, 5.41) is 0. The van der Waals surface area contributed by atoms with Crippen LogP contribution in [-0.2, 0) is 0 Å². The van der Waals surface area contributed by atoms with Gasteiger partial charge in [-0.3, -0.25) is 4.99 Å². The Morgan fingerprint density at radius 2 is 1.60 bits per heavy atom. The molecule has 0 N–H and O–H groups in total. The molecule has 1 nitrogen and oxygen atoms in total. The fraction of sp³-hybridized carbons (Fsp3) is 0.857. The molecule has 0 unspecified atom stereocenters. The molecule has 62 valence electrons. The molecule has 0 rings (SSSR count). The van der Waals surface area contributed by atoms with E-state index in [0.717, 1.165) is 6.92 Å². The van der Waals surface area contributed by atoms with Crippen molar-refractivity contribution in [3.05, 3.63) is 0 Å². The molecule has 0 atom stereocenters. The van der Waals surface area contributed by atoms with Crippen LogP contribution in [0.5, 0.6) is 0 Å². The van der Waals surface area contributed by atoms with Gasteiger partial charge in [-0.25, -0.2) is 8.78 Å². The van der Waals surface area contributed by atoms with E-state index in [-0.39, 0.29) is 5.71 Å². The summed E-state index contributed by atoms with van der Waals surface area (Å²) in [6.45, 7) is 6.13. The van der Waals surface area contributed by atoms with Gasteiger partial charge in [-0.1, -0.05) is 13.8 Å².